The van der Waals surface area contributed by atoms with Crippen LogP contribution in [-0.4, -0.2) is 27.0 Å². The van der Waals surface area contributed by atoms with Crippen molar-refractivity contribution in [3.8, 4) is 0 Å². The van der Waals surface area contributed by atoms with E-state index in [9.17, 15) is 4.79 Å². The molecule has 0 aliphatic carbocycles. The van der Waals surface area contributed by atoms with Crippen molar-refractivity contribution in [2.24, 2.45) is 0 Å². The standard InChI is InChI=1S/C17H18ClN5O/c1-3-19-14-8-7-12(18)10-13(14)17(24)20-11(2)16-22-21-15-6-4-5-9-23(15)16/h4-11,19H,3H2,1-2H3,(H,20,24)/t11-/m0/s1. The number of fused-ring (bicyclic) bond motifs is 1. The first-order chi connectivity index (χ1) is 11.6. The first kappa shape index (κ1) is 16.3. The molecule has 1 amide bonds. The van der Waals surface area contributed by atoms with Crippen molar-refractivity contribution >= 4 is 28.8 Å². The van der Waals surface area contributed by atoms with E-state index in [2.05, 4.69) is 20.8 Å². The van der Waals surface area contributed by atoms with Crippen LogP contribution in [0.1, 0.15) is 36.1 Å². The number of nitrogens with zero attached hydrogens (tertiary/aromatic N) is 3. The van der Waals surface area contributed by atoms with Gasteiger partial charge in [0, 0.05) is 23.5 Å². The Morgan fingerprint density at radius 3 is 2.92 bits per heavy atom. The van der Waals surface area contributed by atoms with Crippen molar-refractivity contribution in [3.63, 3.8) is 0 Å². The topological polar surface area (TPSA) is 71.3 Å². The Balaban J connectivity index is 1.85. The third kappa shape index (κ3) is 3.19. The molecule has 0 radical (unpaired) electrons. The van der Waals surface area contributed by atoms with E-state index in [4.69, 9.17) is 11.6 Å². The summed E-state index contributed by atoms with van der Waals surface area (Å²) >= 11 is 6.04. The van der Waals surface area contributed by atoms with E-state index >= 15 is 0 Å². The number of carbonyl (C=O) groups is 1. The summed E-state index contributed by atoms with van der Waals surface area (Å²) in [5.41, 5.74) is 1.99. The summed E-state index contributed by atoms with van der Waals surface area (Å²) in [5, 5.41) is 14.9. The minimum absolute atomic E-state index is 0.214. The van der Waals surface area contributed by atoms with E-state index in [0.717, 1.165) is 11.3 Å². The van der Waals surface area contributed by atoms with Crippen LogP contribution < -0.4 is 10.6 Å². The molecule has 7 heteroatoms. The highest BCUT2D eigenvalue weighted by molar-refractivity contribution is 6.31. The number of pyridine rings is 1. The second-order valence-corrected chi connectivity index (χ2v) is 5.84. The molecule has 3 aromatic rings. The fourth-order valence-corrected chi connectivity index (χ4v) is 2.72. The fourth-order valence-electron chi connectivity index (χ4n) is 2.54. The maximum absolute atomic E-state index is 12.7. The molecule has 0 spiro atoms. The zero-order chi connectivity index (χ0) is 17.1. The number of amides is 1. The summed E-state index contributed by atoms with van der Waals surface area (Å²) in [6.07, 6.45) is 1.87. The number of halogens is 1. The molecule has 1 atom stereocenters. The average molecular weight is 344 g/mol. The van der Waals surface area contributed by atoms with Crippen LogP contribution in [0, 0.1) is 0 Å². The third-order valence-electron chi connectivity index (χ3n) is 3.67. The van der Waals surface area contributed by atoms with E-state index in [1.165, 1.54) is 0 Å². The highest BCUT2D eigenvalue weighted by Crippen LogP contribution is 2.22. The molecule has 0 saturated carbocycles. The third-order valence-corrected chi connectivity index (χ3v) is 3.90. The first-order valence-corrected chi connectivity index (χ1v) is 8.12. The molecule has 1 aromatic carbocycles. The minimum atomic E-state index is -0.302. The number of nitrogens with one attached hydrogen (secondary N) is 2. The first-order valence-electron chi connectivity index (χ1n) is 7.74. The molecule has 0 aliphatic rings. The summed E-state index contributed by atoms with van der Waals surface area (Å²) in [6, 6.07) is 10.6. The summed E-state index contributed by atoms with van der Waals surface area (Å²) in [7, 11) is 0. The molecule has 0 saturated heterocycles. The van der Waals surface area contributed by atoms with Gasteiger partial charge in [-0.15, -0.1) is 10.2 Å². The second kappa shape index (κ2) is 6.88. The number of hydrogen-bond donors (Lipinski definition) is 2. The van der Waals surface area contributed by atoms with Crippen LogP contribution in [0.25, 0.3) is 5.65 Å². The molecule has 2 N–H and O–H groups in total. The number of rotatable bonds is 5. The predicted molar refractivity (Wildman–Crippen MR) is 94.5 cm³/mol. The Kier molecular flexibility index (Phi) is 4.66. The molecule has 0 unspecified atom stereocenters. The van der Waals surface area contributed by atoms with E-state index < -0.39 is 0 Å². The summed E-state index contributed by atoms with van der Waals surface area (Å²) in [6.45, 7) is 4.56. The Bertz CT molecular complexity index is 876. The monoisotopic (exact) mass is 343 g/mol. The molecule has 2 heterocycles. The Morgan fingerprint density at radius 2 is 2.12 bits per heavy atom. The van der Waals surface area contributed by atoms with Crippen molar-refractivity contribution in [2.45, 2.75) is 19.9 Å². The van der Waals surface area contributed by atoms with Gasteiger partial charge >= 0.3 is 0 Å². The maximum atomic E-state index is 12.7. The lowest BCUT2D eigenvalue weighted by Gasteiger charge is -2.15. The van der Waals surface area contributed by atoms with Crippen molar-refractivity contribution in [2.75, 3.05) is 11.9 Å². The van der Waals surface area contributed by atoms with E-state index in [0.29, 0.717) is 23.0 Å². The SMILES string of the molecule is CCNc1ccc(Cl)cc1C(=O)N[C@@H](C)c1nnc2ccccn12. The molecule has 6 nitrogen and oxygen atoms in total. The van der Waals surface area contributed by atoms with E-state index in [1.807, 2.05) is 42.6 Å². The molecule has 2 aromatic heterocycles. The van der Waals surface area contributed by atoms with Gasteiger partial charge in [0.15, 0.2) is 11.5 Å². The van der Waals surface area contributed by atoms with Crippen molar-refractivity contribution in [1.82, 2.24) is 19.9 Å². The molecule has 0 fully saturated rings. The normalized spacial score (nSPS) is 12.1. The van der Waals surface area contributed by atoms with Crippen LogP contribution in [0.4, 0.5) is 5.69 Å². The Morgan fingerprint density at radius 1 is 1.29 bits per heavy atom. The van der Waals surface area contributed by atoms with Gasteiger partial charge in [0.25, 0.3) is 5.91 Å². The van der Waals surface area contributed by atoms with Gasteiger partial charge in [-0.25, -0.2) is 0 Å². The van der Waals surface area contributed by atoms with Gasteiger partial charge in [-0.05, 0) is 44.2 Å². The van der Waals surface area contributed by atoms with E-state index in [-0.39, 0.29) is 11.9 Å². The van der Waals surface area contributed by atoms with Crippen LogP contribution in [0.5, 0.6) is 0 Å². The fraction of sp³-hybridized carbons (Fsp3) is 0.235. The van der Waals surface area contributed by atoms with Gasteiger partial charge in [0.2, 0.25) is 0 Å². The minimum Gasteiger partial charge on any atom is -0.385 e. The van der Waals surface area contributed by atoms with Crippen LogP contribution in [0.15, 0.2) is 42.6 Å². The van der Waals surface area contributed by atoms with Gasteiger partial charge in [-0.2, -0.15) is 0 Å². The van der Waals surface area contributed by atoms with Crippen molar-refractivity contribution in [3.05, 3.63) is 59.0 Å². The van der Waals surface area contributed by atoms with Gasteiger partial charge in [-0.3, -0.25) is 9.20 Å². The summed E-state index contributed by atoms with van der Waals surface area (Å²) in [5.74, 6) is 0.458. The van der Waals surface area contributed by atoms with Crippen LogP contribution in [0.2, 0.25) is 5.02 Å². The Labute approximate surface area is 144 Å². The number of hydrogen-bond acceptors (Lipinski definition) is 4. The lowest BCUT2D eigenvalue weighted by atomic mass is 10.1. The van der Waals surface area contributed by atoms with Crippen LogP contribution in [0.3, 0.4) is 0 Å². The lowest BCUT2D eigenvalue weighted by Crippen LogP contribution is -2.28. The lowest BCUT2D eigenvalue weighted by molar-refractivity contribution is 0.0939. The average Bonchev–Trinajstić information content (AvgIpc) is 3.00. The zero-order valence-electron chi connectivity index (χ0n) is 13.5. The Hall–Kier alpha value is -2.60. The van der Waals surface area contributed by atoms with Crippen molar-refractivity contribution in [1.29, 1.82) is 0 Å². The molecule has 3 rings (SSSR count). The molecular formula is C17H18ClN5O. The number of aromatic nitrogens is 3. The number of benzene rings is 1. The summed E-state index contributed by atoms with van der Waals surface area (Å²) < 4.78 is 1.86. The van der Waals surface area contributed by atoms with Gasteiger partial charge in [0.1, 0.15) is 0 Å². The van der Waals surface area contributed by atoms with Gasteiger partial charge in [-0.1, -0.05) is 17.7 Å². The quantitative estimate of drug-likeness (QED) is 0.745. The largest absolute Gasteiger partial charge is 0.385 e. The number of carbonyl (C=O) groups excluding carboxylic acids is 1. The molecule has 0 bridgehead atoms. The number of anilines is 1. The highest BCUT2D eigenvalue weighted by atomic mass is 35.5. The molecular weight excluding hydrogens is 326 g/mol. The maximum Gasteiger partial charge on any atom is 0.254 e. The molecule has 24 heavy (non-hydrogen) atoms. The molecule has 0 aliphatic heterocycles. The smallest absolute Gasteiger partial charge is 0.254 e. The van der Waals surface area contributed by atoms with Crippen molar-refractivity contribution < 1.29 is 4.79 Å². The predicted octanol–water partition coefficient (Wildman–Crippen LogP) is 3.31. The zero-order valence-corrected chi connectivity index (χ0v) is 14.2. The summed E-state index contributed by atoms with van der Waals surface area (Å²) in [4.78, 5) is 12.7. The van der Waals surface area contributed by atoms with Gasteiger partial charge in [0.05, 0.1) is 11.6 Å². The van der Waals surface area contributed by atoms with Crippen LogP contribution >= 0.6 is 11.6 Å². The highest BCUT2D eigenvalue weighted by Gasteiger charge is 2.18. The van der Waals surface area contributed by atoms with Crippen LogP contribution in [-0.2, 0) is 0 Å². The van der Waals surface area contributed by atoms with Gasteiger partial charge < -0.3 is 10.6 Å². The van der Waals surface area contributed by atoms with E-state index in [1.54, 1.807) is 18.2 Å². The second-order valence-electron chi connectivity index (χ2n) is 5.40. The molecule has 124 valence electrons.